The second-order valence-electron chi connectivity index (χ2n) is 9.02. The summed E-state index contributed by atoms with van der Waals surface area (Å²) in [6, 6.07) is 29.1. The van der Waals surface area contributed by atoms with Crippen molar-refractivity contribution in [3.8, 4) is 0 Å². The lowest BCUT2D eigenvalue weighted by atomic mass is 9.73. The topological polar surface area (TPSA) is 153 Å². The third-order valence-electron chi connectivity index (χ3n) is 6.50. The molecular weight excluding hydrogens is 540 g/mol. The monoisotopic (exact) mass is 562 g/mol. The summed E-state index contributed by atoms with van der Waals surface area (Å²) >= 11 is 0. The Kier molecular flexibility index (Phi) is 7.60. The zero-order valence-corrected chi connectivity index (χ0v) is 22.1. The number of benzene rings is 4. The molecule has 0 saturated carbocycles. The molecule has 0 atom stereocenters. The molecule has 4 aromatic carbocycles. The van der Waals surface area contributed by atoms with Gasteiger partial charge in [0.2, 0.25) is 0 Å². The molecule has 0 fully saturated rings. The first-order valence-corrected chi connectivity index (χ1v) is 12.5. The highest BCUT2D eigenvalue weighted by atomic mass is 16.6. The van der Waals surface area contributed by atoms with Crippen molar-refractivity contribution < 1.29 is 19.4 Å². The van der Waals surface area contributed by atoms with Crippen molar-refractivity contribution in [2.24, 2.45) is 20.6 Å². The van der Waals surface area contributed by atoms with Gasteiger partial charge < -0.3 is 4.74 Å². The van der Waals surface area contributed by atoms with E-state index in [1.54, 1.807) is 48.5 Å². The lowest BCUT2D eigenvalue weighted by Crippen LogP contribution is -2.53. The van der Waals surface area contributed by atoms with Gasteiger partial charge in [-0.15, -0.1) is 0 Å². The summed E-state index contributed by atoms with van der Waals surface area (Å²) in [5.74, 6) is -0.721. The molecule has 0 amide bonds. The van der Waals surface area contributed by atoms with Gasteiger partial charge in [-0.25, -0.2) is 0 Å². The minimum atomic E-state index is -1.77. The molecule has 0 aliphatic carbocycles. The Labute approximate surface area is 239 Å². The summed E-state index contributed by atoms with van der Waals surface area (Å²) in [5.41, 5.74) is 0.369. The first kappa shape index (κ1) is 27.5. The number of carbonyl (C=O) groups is 1. The van der Waals surface area contributed by atoms with Gasteiger partial charge in [-0.2, -0.15) is 15.3 Å². The van der Waals surface area contributed by atoms with E-state index in [9.17, 15) is 25.0 Å². The number of ether oxygens (including phenoxy) is 1. The maximum absolute atomic E-state index is 13.9. The van der Waals surface area contributed by atoms with E-state index in [2.05, 4.69) is 4.99 Å². The van der Waals surface area contributed by atoms with Crippen molar-refractivity contribution in [3.63, 3.8) is 0 Å². The fraction of sp³-hybridized carbons (Fsp3) is 0.0667. The number of nitrogens with zero attached hydrogens (tertiary/aromatic N) is 6. The van der Waals surface area contributed by atoms with Crippen molar-refractivity contribution in [2.75, 3.05) is 12.2 Å². The van der Waals surface area contributed by atoms with Crippen LogP contribution in [0.25, 0.3) is 0 Å². The molecule has 208 valence electrons. The highest BCUT2D eigenvalue weighted by Gasteiger charge is 2.52. The Bertz CT molecular complexity index is 1660. The smallest absolute Gasteiger partial charge is 0.329 e. The van der Waals surface area contributed by atoms with E-state index in [4.69, 9.17) is 14.9 Å². The summed E-state index contributed by atoms with van der Waals surface area (Å²) in [4.78, 5) is 39.8. The molecule has 0 aromatic heterocycles. The van der Waals surface area contributed by atoms with Crippen molar-refractivity contribution in [3.05, 3.63) is 141 Å². The normalized spacial score (nSPS) is 14.2. The van der Waals surface area contributed by atoms with Gasteiger partial charge in [-0.3, -0.25) is 30.0 Å². The van der Waals surface area contributed by atoms with Gasteiger partial charge in [0.25, 0.3) is 11.4 Å². The van der Waals surface area contributed by atoms with Crippen LogP contribution in [0.3, 0.4) is 0 Å². The van der Waals surface area contributed by atoms with Crippen molar-refractivity contribution in [1.82, 2.24) is 0 Å². The number of esters is 1. The number of hydrazone groups is 2. The molecule has 0 bridgehead atoms. The van der Waals surface area contributed by atoms with E-state index in [-0.39, 0.29) is 22.8 Å². The van der Waals surface area contributed by atoms with Gasteiger partial charge in [0.05, 0.1) is 39.8 Å². The van der Waals surface area contributed by atoms with Crippen LogP contribution in [0, 0.1) is 25.6 Å². The lowest BCUT2D eigenvalue weighted by molar-refractivity contribution is -0.385. The van der Waals surface area contributed by atoms with E-state index in [0.29, 0.717) is 22.5 Å². The summed E-state index contributed by atoms with van der Waals surface area (Å²) < 4.78 is 5.34. The molecule has 4 aromatic rings. The maximum Gasteiger partial charge on any atom is 0.329 e. The van der Waals surface area contributed by atoms with Crippen molar-refractivity contribution >= 4 is 46.4 Å². The van der Waals surface area contributed by atoms with Crippen LogP contribution in [0.1, 0.15) is 11.1 Å². The molecule has 1 heterocycles. The number of aliphatic imine (C=N–C) groups is 1. The maximum atomic E-state index is 13.9. The van der Waals surface area contributed by atoms with E-state index in [0.717, 1.165) is 0 Å². The van der Waals surface area contributed by atoms with Crippen LogP contribution in [-0.2, 0) is 9.53 Å². The Morgan fingerprint density at radius 1 is 0.762 bits per heavy atom. The van der Waals surface area contributed by atoms with Crippen molar-refractivity contribution in [2.45, 2.75) is 0 Å². The molecule has 1 aliphatic heterocycles. The summed E-state index contributed by atoms with van der Waals surface area (Å²) in [6.07, 6.45) is 1.38. The standard InChI is InChI=1S/C30H22N6O6/c1-42-29(37)30(20-31-23-12-14-25(15-13-23)35(38)39)27(21-8-4-2-5-9-21)32-34(24-16-18-26(19-17-24)36(40)41)33-28(30)22-10-6-3-7-11-22/h2-20H,1H3. The second-order valence-corrected chi connectivity index (χ2v) is 9.02. The van der Waals surface area contributed by atoms with Gasteiger partial charge in [-0.05, 0) is 35.4 Å². The average Bonchev–Trinajstić information content (AvgIpc) is 3.04. The average molecular weight is 563 g/mol. The number of nitro groups is 2. The van der Waals surface area contributed by atoms with Crippen LogP contribution in [-0.4, -0.2) is 40.6 Å². The predicted octanol–water partition coefficient (Wildman–Crippen LogP) is 5.69. The summed E-state index contributed by atoms with van der Waals surface area (Å²) in [5, 5.41) is 33.2. The number of hydrogen-bond donors (Lipinski definition) is 0. The molecule has 0 saturated heterocycles. The first-order valence-electron chi connectivity index (χ1n) is 12.5. The predicted molar refractivity (Wildman–Crippen MR) is 157 cm³/mol. The molecule has 0 N–H and O–H groups in total. The number of hydrogen-bond acceptors (Lipinski definition) is 10. The van der Waals surface area contributed by atoms with Gasteiger partial charge in [0.15, 0.2) is 5.41 Å². The molecule has 0 spiro atoms. The molecular formula is C30H22N6O6. The Balaban J connectivity index is 1.76. The molecule has 12 heteroatoms. The first-order chi connectivity index (χ1) is 20.3. The van der Waals surface area contributed by atoms with E-state index in [1.807, 2.05) is 12.1 Å². The van der Waals surface area contributed by atoms with Crippen LogP contribution in [0.4, 0.5) is 22.7 Å². The van der Waals surface area contributed by atoms with Gasteiger partial charge in [0, 0.05) is 30.5 Å². The zero-order chi connectivity index (χ0) is 29.7. The van der Waals surface area contributed by atoms with E-state index in [1.165, 1.54) is 67.0 Å². The fourth-order valence-electron chi connectivity index (χ4n) is 4.43. The minimum absolute atomic E-state index is 0.102. The number of rotatable bonds is 8. The summed E-state index contributed by atoms with van der Waals surface area (Å²) in [6.45, 7) is 0. The summed E-state index contributed by atoms with van der Waals surface area (Å²) in [7, 11) is 1.25. The van der Waals surface area contributed by atoms with Crippen LogP contribution in [0.5, 0.6) is 0 Å². The highest BCUT2D eigenvalue weighted by Crippen LogP contribution is 2.36. The van der Waals surface area contributed by atoms with Gasteiger partial charge in [0.1, 0.15) is 0 Å². The zero-order valence-electron chi connectivity index (χ0n) is 22.1. The van der Waals surface area contributed by atoms with Crippen molar-refractivity contribution in [1.29, 1.82) is 0 Å². The Morgan fingerprint density at radius 2 is 1.21 bits per heavy atom. The molecule has 0 radical (unpaired) electrons. The molecule has 5 rings (SSSR count). The third kappa shape index (κ3) is 5.23. The molecule has 12 nitrogen and oxygen atoms in total. The molecule has 42 heavy (non-hydrogen) atoms. The SMILES string of the molecule is COC(=O)C1(C=Nc2ccc([N+](=O)[O-])cc2)C(c2ccccc2)=NN(c2ccc([N+](=O)[O-])cc2)N=C1c1ccccc1. The number of carbonyl (C=O) groups excluding carboxylic acids is 1. The van der Waals surface area contributed by atoms with Gasteiger partial charge >= 0.3 is 5.97 Å². The third-order valence-corrected chi connectivity index (χ3v) is 6.50. The fourth-order valence-corrected chi connectivity index (χ4v) is 4.43. The van der Waals surface area contributed by atoms with E-state index >= 15 is 0 Å². The quantitative estimate of drug-likeness (QED) is 0.116. The number of methoxy groups -OCH3 is 1. The molecule has 1 aliphatic rings. The molecule has 0 unspecified atom stereocenters. The van der Waals surface area contributed by atoms with Crippen LogP contribution < -0.4 is 5.12 Å². The van der Waals surface area contributed by atoms with Crippen LogP contribution >= 0.6 is 0 Å². The Morgan fingerprint density at radius 3 is 1.64 bits per heavy atom. The van der Waals surface area contributed by atoms with Crippen LogP contribution in [0.15, 0.2) is 124 Å². The van der Waals surface area contributed by atoms with Gasteiger partial charge in [-0.1, -0.05) is 60.7 Å². The lowest BCUT2D eigenvalue weighted by Gasteiger charge is -2.35. The van der Waals surface area contributed by atoms with E-state index < -0.39 is 21.2 Å². The largest absolute Gasteiger partial charge is 0.468 e. The Hall–Kier alpha value is -6.04. The second kappa shape index (κ2) is 11.6. The number of nitro benzene ring substituents is 2. The highest BCUT2D eigenvalue weighted by molar-refractivity contribution is 6.43. The number of anilines is 1. The minimum Gasteiger partial charge on any atom is -0.468 e. The van der Waals surface area contributed by atoms with Crippen LogP contribution in [0.2, 0.25) is 0 Å². The number of non-ortho nitro benzene ring substituents is 2.